The Morgan fingerprint density at radius 1 is 1.18 bits per heavy atom. The second-order valence-corrected chi connectivity index (χ2v) is 8.65. The predicted molar refractivity (Wildman–Crippen MR) is 128 cm³/mol. The van der Waals surface area contributed by atoms with Crippen LogP contribution in [0.25, 0.3) is 5.69 Å². The van der Waals surface area contributed by atoms with Gasteiger partial charge in [-0.3, -0.25) is 0 Å². The highest BCUT2D eigenvalue weighted by atomic mass is 16.5. The van der Waals surface area contributed by atoms with E-state index in [1.165, 1.54) is 0 Å². The van der Waals surface area contributed by atoms with Gasteiger partial charge in [-0.15, -0.1) is 0 Å². The van der Waals surface area contributed by atoms with Crippen molar-refractivity contribution in [1.29, 1.82) is 0 Å². The minimum Gasteiger partial charge on any atom is -0.439 e. The first kappa shape index (κ1) is 22.9. The highest BCUT2D eigenvalue weighted by Crippen LogP contribution is 2.32. The summed E-state index contributed by atoms with van der Waals surface area (Å²) < 4.78 is 14.0. The molecule has 7 heteroatoms. The van der Waals surface area contributed by atoms with Crippen LogP contribution in [-0.4, -0.2) is 46.0 Å². The van der Waals surface area contributed by atoms with Crippen molar-refractivity contribution in [3.05, 3.63) is 71.9 Å². The van der Waals surface area contributed by atoms with Crippen molar-refractivity contribution >= 4 is 6.03 Å². The highest BCUT2D eigenvalue weighted by Gasteiger charge is 2.27. The maximum Gasteiger partial charge on any atom is 0.317 e. The molecule has 2 aromatic carbocycles. The fraction of sp³-hybridized carbons (Fsp3) is 0.385. The van der Waals surface area contributed by atoms with Crippen LogP contribution in [0.1, 0.15) is 37.9 Å². The van der Waals surface area contributed by atoms with Crippen molar-refractivity contribution in [3.8, 4) is 17.3 Å². The smallest absolute Gasteiger partial charge is 0.317 e. The van der Waals surface area contributed by atoms with Gasteiger partial charge in [0.1, 0.15) is 5.75 Å². The van der Waals surface area contributed by atoms with Gasteiger partial charge in [0.05, 0.1) is 29.6 Å². The molecule has 33 heavy (non-hydrogen) atoms. The van der Waals surface area contributed by atoms with Gasteiger partial charge in [-0.1, -0.05) is 36.4 Å². The first-order valence-electron chi connectivity index (χ1n) is 11.5. The van der Waals surface area contributed by atoms with Crippen LogP contribution in [0.4, 0.5) is 4.79 Å². The van der Waals surface area contributed by atoms with Gasteiger partial charge in [0.2, 0.25) is 5.88 Å². The van der Waals surface area contributed by atoms with Crippen LogP contribution in [0.5, 0.6) is 11.6 Å². The van der Waals surface area contributed by atoms with E-state index < -0.39 is 0 Å². The highest BCUT2D eigenvalue weighted by molar-refractivity contribution is 5.74. The van der Waals surface area contributed by atoms with Crippen molar-refractivity contribution in [2.75, 3.05) is 13.2 Å². The van der Waals surface area contributed by atoms with Crippen molar-refractivity contribution < 1.29 is 14.3 Å². The van der Waals surface area contributed by atoms with E-state index in [2.05, 4.69) is 5.32 Å². The molecular formula is C26H32N4O3. The van der Waals surface area contributed by atoms with Crippen LogP contribution in [0.2, 0.25) is 0 Å². The third-order valence-electron chi connectivity index (χ3n) is 5.59. The van der Waals surface area contributed by atoms with Gasteiger partial charge in [-0.2, -0.15) is 5.10 Å². The van der Waals surface area contributed by atoms with Gasteiger partial charge in [0.15, 0.2) is 0 Å². The first-order valence-corrected chi connectivity index (χ1v) is 11.5. The van der Waals surface area contributed by atoms with E-state index in [1.54, 1.807) is 0 Å². The standard InChI is InChI=1S/C26H32N4O3/c1-19(2)27-26(31)29(17-23-15-10-16-32-23)18-24-20(3)28-30(21-11-6-4-7-12-21)25(24)33-22-13-8-5-9-14-22/h4-9,11-14,19,23H,10,15-18H2,1-3H3,(H,27,31). The Labute approximate surface area is 195 Å². The Bertz CT molecular complexity index is 1040. The number of rotatable bonds is 8. The zero-order valence-corrected chi connectivity index (χ0v) is 19.5. The number of nitrogens with zero attached hydrogens (tertiary/aromatic N) is 3. The number of hydrogen-bond acceptors (Lipinski definition) is 4. The zero-order valence-electron chi connectivity index (χ0n) is 19.5. The van der Waals surface area contributed by atoms with Crippen LogP contribution >= 0.6 is 0 Å². The predicted octanol–water partition coefficient (Wildman–Crippen LogP) is 5.07. The monoisotopic (exact) mass is 448 g/mol. The molecule has 0 radical (unpaired) electrons. The fourth-order valence-corrected chi connectivity index (χ4v) is 3.95. The number of hydrogen-bond donors (Lipinski definition) is 1. The maximum atomic E-state index is 13.1. The lowest BCUT2D eigenvalue weighted by atomic mass is 10.2. The second-order valence-electron chi connectivity index (χ2n) is 8.65. The summed E-state index contributed by atoms with van der Waals surface area (Å²) in [5.74, 6) is 1.33. The van der Waals surface area contributed by atoms with Gasteiger partial charge in [-0.05, 0) is 57.9 Å². The average molecular weight is 449 g/mol. The summed E-state index contributed by atoms with van der Waals surface area (Å²) in [5.41, 5.74) is 2.59. The fourth-order valence-electron chi connectivity index (χ4n) is 3.95. The molecule has 0 saturated carbocycles. The second kappa shape index (κ2) is 10.5. The molecule has 4 rings (SSSR count). The summed E-state index contributed by atoms with van der Waals surface area (Å²) in [6.45, 7) is 7.53. The van der Waals surface area contributed by atoms with Gasteiger partial charge in [0.25, 0.3) is 0 Å². The normalized spacial score (nSPS) is 15.6. The summed E-state index contributed by atoms with van der Waals surface area (Å²) in [5, 5.41) is 7.81. The van der Waals surface area contributed by atoms with Crippen LogP contribution < -0.4 is 10.1 Å². The maximum absolute atomic E-state index is 13.1. The van der Waals surface area contributed by atoms with E-state index in [9.17, 15) is 4.79 Å². The number of carbonyl (C=O) groups excluding carboxylic acids is 1. The molecule has 2 heterocycles. The molecule has 1 atom stereocenters. The number of urea groups is 1. The Morgan fingerprint density at radius 2 is 1.88 bits per heavy atom. The molecule has 1 unspecified atom stereocenters. The van der Waals surface area contributed by atoms with Crippen LogP contribution in [0.3, 0.4) is 0 Å². The molecule has 0 bridgehead atoms. The van der Waals surface area contributed by atoms with Crippen LogP contribution in [0.15, 0.2) is 60.7 Å². The summed E-state index contributed by atoms with van der Waals surface area (Å²) in [4.78, 5) is 14.9. The summed E-state index contributed by atoms with van der Waals surface area (Å²) >= 11 is 0. The van der Waals surface area contributed by atoms with Crippen LogP contribution in [0, 0.1) is 6.92 Å². The Hall–Kier alpha value is -3.32. The van der Waals surface area contributed by atoms with Gasteiger partial charge in [-0.25, -0.2) is 9.48 Å². The number of aryl methyl sites for hydroxylation is 1. The number of benzene rings is 2. The molecule has 2 amide bonds. The van der Waals surface area contributed by atoms with Gasteiger partial charge in [0, 0.05) is 19.2 Å². The van der Waals surface area contributed by atoms with Crippen LogP contribution in [-0.2, 0) is 11.3 Å². The molecule has 3 aromatic rings. The minimum atomic E-state index is -0.113. The first-order chi connectivity index (χ1) is 16.0. The lowest BCUT2D eigenvalue weighted by Crippen LogP contribution is -2.45. The van der Waals surface area contributed by atoms with E-state index in [1.807, 2.05) is 91.0 Å². The average Bonchev–Trinajstić information content (AvgIpc) is 3.43. The van der Waals surface area contributed by atoms with Crippen molar-refractivity contribution in [2.24, 2.45) is 0 Å². The molecule has 1 aliphatic heterocycles. The molecule has 7 nitrogen and oxygen atoms in total. The number of ether oxygens (including phenoxy) is 2. The van der Waals surface area contributed by atoms with E-state index in [0.717, 1.165) is 36.4 Å². The van der Waals surface area contributed by atoms with E-state index in [0.29, 0.717) is 24.7 Å². The summed E-state index contributed by atoms with van der Waals surface area (Å²) in [6.07, 6.45) is 2.03. The van der Waals surface area contributed by atoms with Crippen molar-refractivity contribution in [1.82, 2.24) is 20.0 Å². The van der Waals surface area contributed by atoms with Gasteiger partial charge >= 0.3 is 6.03 Å². The van der Waals surface area contributed by atoms with Gasteiger partial charge < -0.3 is 19.7 Å². The third kappa shape index (κ3) is 5.73. The third-order valence-corrected chi connectivity index (χ3v) is 5.59. The van der Waals surface area contributed by atoms with E-state index in [-0.39, 0.29) is 18.2 Å². The van der Waals surface area contributed by atoms with E-state index in [4.69, 9.17) is 14.6 Å². The molecule has 1 aromatic heterocycles. The molecule has 0 aliphatic carbocycles. The molecule has 0 spiro atoms. The van der Waals surface area contributed by atoms with Crippen molar-refractivity contribution in [2.45, 2.75) is 52.3 Å². The number of carbonyl (C=O) groups is 1. The molecule has 1 fully saturated rings. The molecular weight excluding hydrogens is 416 g/mol. The largest absolute Gasteiger partial charge is 0.439 e. The molecule has 1 aliphatic rings. The van der Waals surface area contributed by atoms with E-state index >= 15 is 0 Å². The number of nitrogens with one attached hydrogen (secondary N) is 1. The number of amides is 2. The summed E-state index contributed by atoms with van der Waals surface area (Å²) in [6, 6.07) is 19.5. The summed E-state index contributed by atoms with van der Waals surface area (Å²) in [7, 11) is 0. The quantitative estimate of drug-likeness (QED) is 0.522. The number of para-hydroxylation sites is 2. The Morgan fingerprint density at radius 3 is 2.52 bits per heavy atom. The molecule has 1 saturated heterocycles. The lowest BCUT2D eigenvalue weighted by Gasteiger charge is -2.27. The SMILES string of the molecule is Cc1nn(-c2ccccc2)c(Oc2ccccc2)c1CN(CC1CCCO1)C(=O)NC(C)C. The Kier molecular flexibility index (Phi) is 7.29. The minimum absolute atomic E-state index is 0.0395. The lowest BCUT2D eigenvalue weighted by molar-refractivity contribution is 0.0789. The van der Waals surface area contributed by atoms with Crippen molar-refractivity contribution in [3.63, 3.8) is 0 Å². The Balaban J connectivity index is 1.70. The molecule has 174 valence electrons. The molecule has 1 N–H and O–H groups in total. The zero-order chi connectivity index (χ0) is 23.2. The number of aromatic nitrogens is 2. The topological polar surface area (TPSA) is 68.6 Å².